The molecule has 18 heavy (non-hydrogen) atoms. The van der Waals surface area contributed by atoms with Gasteiger partial charge < -0.3 is 5.32 Å². The number of pyridine rings is 1. The Morgan fingerprint density at radius 1 is 1.00 bits per heavy atom. The molecule has 0 unspecified atom stereocenters. The third-order valence-electron chi connectivity index (χ3n) is 3.90. The molecule has 2 heteroatoms. The monoisotopic (exact) mass is 240 g/mol. The molecule has 2 aromatic rings. The summed E-state index contributed by atoms with van der Waals surface area (Å²) in [5, 5.41) is 4.70. The van der Waals surface area contributed by atoms with E-state index in [9.17, 15) is 0 Å². The molecule has 0 atom stereocenters. The Bertz CT molecular complexity index is 515. The molecule has 1 N–H and O–H groups in total. The van der Waals surface area contributed by atoms with Crippen LogP contribution in [0.5, 0.6) is 0 Å². The second-order valence-corrected chi connectivity index (χ2v) is 5.27. The summed E-state index contributed by atoms with van der Waals surface area (Å²) >= 11 is 0. The zero-order chi connectivity index (χ0) is 12.2. The molecule has 0 aliphatic heterocycles. The van der Waals surface area contributed by atoms with Crippen molar-refractivity contribution < 1.29 is 0 Å². The van der Waals surface area contributed by atoms with Crippen molar-refractivity contribution in [2.24, 2.45) is 5.92 Å². The summed E-state index contributed by atoms with van der Waals surface area (Å²) in [7, 11) is 0. The van der Waals surface area contributed by atoms with E-state index in [2.05, 4.69) is 40.6 Å². The number of fused-ring (bicyclic) bond motifs is 1. The number of para-hydroxylation sites is 1. The standard InChI is InChI=1S/C16H20N2/c1-2-6-13(7-3-1)12-17-16-11-10-14-8-4-5-9-15(14)18-16/h4-5,8-11,13H,1-3,6-7,12H2,(H,17,18). The molecule has 0 spiro atoms. The fourth-order valence-corrected chi connectivity index (χ4v) is 2.80. The first-order chi connectivity index (χ1) is 8.92. The summed E-state index contributed by atoms with van der Waals surface area (Å²) in [5.74, 6) is 1.85. The Morgan fingerprint density at radius 2 is 1.83 bits per heavy atom. The summed E-state index contributed by atoms with van der Waals surface area (Å²) in [6.45, 7) is 1.07. The molecule has 1 aromatic heterocycles. The number of nitrogens with one attached hydrogen (secondary N) is 1. The Kier molecular flexibility index (Phi) is 3.44. The quantitative estimate of drug-likeness (QED) is 0.868. The van der Waals surface area contributed by atoms with Gasteiger partial charge >= 0.3 is 0 Å². The smallest absolute Gasteiger partial charge is 0.126 e. The van der Waals surface area contributed by atoms with E-state index in [-0.39, 0.29) is 0 Å². The van der Waals surface area contributed by atoms with E-state index in [4.69, 9.17) is 0 Å². The van der Waals surface area contributed by atoms with Crippen LogP contribution >= 0.6 is 0 Å². The summed E-state index contributed by atoms with van der Waals surface area (Å²) in [4.78, 5) is 4.65. The summed E-state index contributed by atoms with van der Waals surface area (Å²) in [6, 6.07) is 12.5. The molecule has 1 aliphatic rings. The minimum Gasteiger partial charge on any atom is -0.370 e. The third kappa shape index (κ3) is 2.63. The van der Waals surface area contributed by atoms with Crippen LogP contribution in [-0.4, -0.2) is 11.5 Å². The van der Waals surface area contributed by atoms with Gasteiger partial charge in [0.05, 0.1) is 5.52 Å². The SMILES string of the molecule is c1ccc2nc(NCC3CCCCC3)ccc2c1. The van der Waals surface area contributed by atoms with Gasteiger partial charge in [0.2, 0.25) is 0 Å². The van der Waals surface area contributed by atoms with Crippen LogP contribution in [-0.2, 0) is 0 Å². The Morgan fingerprint density at radius 3 is 2.72 bits per heavy atom. The van der Waals surface area contributed by atoms with Crippen LogP contribution in [0.1, 0.15) is 32.1 Å². The molecular weight excluding hydrogens is 220 g/mol. The predicted octanol–water partition coefficient (Wildman–Crippen LogP) is 4.23. The van der Waals surface area contributed by atoms with Crippen molar-refractivity contribution in [2.75, 3.05) is 11.9 Å². The maximum Gasteiger partial charge on any atom is 0.126 e. The third-order valence-corrected chi connectivity index (χ3v) is 3.90. The number of nitrogens with zero attached hydrogens (tertiary/aromatic N) is 1. The second kappa shape index (κ2) is 5.38. The number of hydrogen-bond acceptors (Lipinski definition) is 2. The highest BCUT2D eigenvalue weighted by atomic mass is 15.0. The number of anilines is 1. The minimum atomic E-state index is 0.840. The van der Waals surface area contributed by atoms with E-state index < -0.39 is 0 Å². The van der Waals surface area contributed by atoms with Crippen LogP contribution in [0.25, 0.3) is 10.9 Å². The highest BCUT2D eigenvalue weighted by molar-refractivity contribution is 5.79. The van der Waals surface area contributed by atoms with Gasteiger partial charge in [0.1, 0.15) is 5.82 Å². The van der Waals surface area contributed by atoms with E-state index in [0.717, 1.165) is 23.8 Å². The highest BCUT2D eigenvalue weighted by Gasteiger charge is 2.12. The van der Waals surface area contributed by atoms with Gasteiger partial charge in [-0.15, -0.1) is 0 Å². The van der Waals surface area contributed by atoms with Crippen LogP contribution in [0.3, 0.4) is 0 Å². The van der Waals surface area contributed by atoms with Crippen LogP contribution in [0.2, 0.25) is 0 Å². The molecule has 94 valence electrons. The van der Waals surface area contributed by atoms with Crippen molar-refractivity contribution in [1.29, 1.82) is 0 Å². The molecule has 2 nitrogen and oxygen atoms in total. The van der Waals surface area contributed by atoms with Crippen molar-refractivity contribution >= 4 is 16.7 Å². The van der Waals surface area contributed by atoms with Gasteiger partial charge in [0.15, 0.2) is 0 Å². The fraction of sp³-hybridized carbons (Fsp3) is 0.438. The van der Waals surface area contributed by atoms with Gasteiger partial charge in [-0.25, -0.2) is 4.98 Å². The normalized spacial score (nSPS) is 16.9. The average Bonchev–Trinajstić information content (AvgIpc) is 2.46. The van der Waals surface area contributed by atoms with Gasteiger partial charge in [-0.3, -0.25) is 0 Å². The van der Waals surface area contributed by atoms with E-state index in [0.29, 0.717) is 0 Å². The van der Waals surface area contributed by atoms with Crippen molar-refractivity contribution in [2.45, 2.75) is 32.1 Å². The van der Waals surface area contributed by atoms with Crippen LogP contribution < -0.4 is 5.32 Å². The molecule has 1 aliphatic carbocycles. The number of rotatable bonds is 3. The lowest BCUT2D eigenvalue weighted by molar-refractivity contribution is 0.373. The van der Waals surface area contributed by atoms with Gasteiger partial charge in [0, 0.05) is 11.9 Å². The average molecular weight is 240 g/mol. The minimum absolute atomic E-state index is 0.840. The van der Waals surface area contributed by atoms with E-state index >= 15 is 0 Å². The van der Waals surface area contributed by atoms with E-state index in [1.165, 1.54) is 37.5 Å². The van der Waals surface area contributed by atoms with E-state index in [1.807, 2.05) is 6.07 Å². The van der Waals surface area contributed by atoms with Gasteiger partial charge in [-0.1, -0.05) is 37.5 Å². The Labute approximate surface area is 108 Å². The van der Waals surface area contributed by atoms with Gasteiger partial charge in [0.25, 0.3) is 0 Å². The molecule has 0 amide bonds. The number of aromatic nitrogens is 1. The lowest BCUT2D eigenvalue weighted by Gasteiger charge is -2.22. The van der Waals surface area contributed by atoms with Crippen LogP contribution in [0.4, 0.5) is 5.82 Å². The first kappa shape index (κ1) is 11.5. The molecule has 1 saturated carbocycles. The van der Waals surface area contributed by atoms with Crippen molar-refractivity contribution in [3.05, 3.63) is 36.4 Å². The first-order valence-electron chi connectivity index (χ1n) is 7.01. The zero-order valence-corrected chi connectivity index (χ0v) is 10.7. The number of hydrogen-bond donors (Lipinski definition) is 1. The van der Waals surface area contributed by atoms with Crippen molar-refractivity contribution in [3.8, 4) is 0 Å². The molecule has 0 saturated heterocycles. The molecule has 0 bridgehead atoms. The van der Waals surface area contributed by atoms with Crippen molar-refractivity contribution in [1.82, 2.24) is 4.98 Å². The molecular formula is C16H20N2. The molecule has 3 rings (SSSR count). The summed E-state index contributed by atoms with van der Waals surface area (Å²) < 4.78 is 0. The zero-order valence-electron chi connectivity index (χ0n) is 10.7. The van der Waals surface area contributed by atoms with Gasteiger partial charge in [-0.05, 0) is 37.0 Å². The van der Waals surface area contributed by atoms with Crippen LogP contribution in [0, 0.1) is 5.92 Å². The maximum atomic E-state index is 4.65. The molecule has 1 heterocycles. The maximum absolute atomic E-state index is 4.65. The Balaban J connectivity index is 1.66. The largest absolute Gasteiger partial charge is 0.370 e. The molecule has 1 aromatic carbocycles. The number of benzene rings is 1. The molecule has 0 radical (unpaired) electrons. The lowest BCUT2D eigenvalue weighted by Crippen LogP contribution is -2.17. The van der Waals surface area contributed by atoms with Crippen LogP contribution in [0.15, 0.2) is 36.4 Å². The molecule has 1 fully saturated rings. The first-order valence-corrected chi connectivity index (χ1v) is 7.01. The highest BCUT2D eigenvalue weighted by Crippen LogP contribution is 2.24. The summed E-state index contributed by atoms with van der Waals surface area (Å²) in [6.07, 6.45) is 6.97. The lowest BCUT2D eigenvalue weighted by atomic mass is 9.89. The topological polar surface area (TPSA) is 24.9 Å². The van der Waals surface area contributed by atoms with Crippen molar-refractivity contribution in [3.63, 3.8) is 0 Å². The predicted molar refractivity (Wildman–Crippen MR) is 76.8 cm³/mol. The Hall–Kier alpha value is -1.57. The fourth-order valence-electron chi connectivity index (χ4n) is 2.80. The summed E-state index contributed by atoms with van der Waals surface area (Å²) in [5.41, 5.74) is 1.08. The van der Waals surface area contributed by atoms with E-state index in [1.54, 1.807) is 0 Å². The van der Waals surface area contributed by atoms with Gasteiger partial charge in [-0.2, -0.15) is 0 Å². The second-order valence-electron chi connectivity index (χ2n) is 5.27.